The van der Waals surface area contributed by atoms with Crippen LogP contribution in [-0.4, -0.2) is 30.3 Å². The molecule has 2 N–H and O–H groups in total. The van der Waals surface area contributed by atoms with Gasteiger partial charge >= 0.3 is 0 Å². The molecule has 2 nitrogen and oxygen atoms in total. The second kappa shape index (κ2) is 5.94. The Bertz CT molecular complexity index is 351. The molecule has 1 aromatic rings. The Labute approximate surface area is 110 Å². The minimum atomic E-state index is 0.876. The highest BCUT2D eigenvalue weighted by Gasteiger charge is 2.10. The monoisotopic (exact) mass is 300 g/mol. The summed E-state index contributed by atoms with van der Waals surface area (Å²) < 4.78 is 1.05. The van der Waals surface area contributed by atoms with Crippen molar-refractivity contribution in [3.05, 3.63) is 22.7 Å². The van der Waals surface area contributed by atoms with Gasteiger partial charge in [-0.05, 0) is 44.1 Å². The third kappa shape index (κ3) is 3.40. The minimum Gasteiger partial charge on any atom is -0.398 e. The van der Waals surface area contributed by atoms with Crippen molar-refractivity contribution in [2.24, 2.45) is 0 Å². The molecule has 16 heavy (non-hydrogen) atoms. The highest BCUT2D eigenvalue weighted by Crippen LogP contribution is 2.27. The van der Waals surface area contributed by atoms with Gasteiger partial charge < -0.3 is 10.6 Å². The zero-order valence-electron chi connectivity index (χ0n) is 9.29. The number of thioether (sulfide) groups is 1. The second-order valence-electron chi connectivity index (χ2n) is 4.08. The lowest BCUT2D eigenvalue weighted by Crippen LogP contribution is -2.21. The summed E-state index contributed by atoms with van der Waals surface area (Å²) in [6, 6.07) is 6.11. The van der Waals surface area contributed by atoms with Gasteiger partial charge in [0.25, 0.3) is 0 Å². The average molecular weight is 301 g/mol. The molecule has 0 aromatic heterocycles. The summed E-state index contributed by atoms with van der Waals surface area (Å²) in [6.45, 7) is 3.73. The van der Waals surface area contributed by atoms with E-state index in [1.165, 1.54) is 37.4 Å². The summed E-state index contributed by atoms with van der Waals surface area (Å²) in [4.78, 5) is 3.73. The van der Waals surface area contributed by atoms with E-state index < -0.39 is 0 Å². The fourth-order valence-corrected chi connectivity index (χ4v) is 3.28. The fourth-order valence-electron chi connectivity index (χ4n) is 1.94. The number of nitrogen functional groups attached to an aromatic ring is 1. The normalized spacial score (nSPS) is 16.8. The van der Waals surface area contributed by atoms with Gasteiger partial charge in [0.1, 0.15) is 0 Å². The lowest BCUT2D eigenvalue weighted by atomic mass is 10.3. The van der Waals surface area contributed by atoms with Crippen LogP contribution in [0.2, 0.25) is 0 Å². The van der Waals surface area contributed by atoms with Crippen LogP contribution in [-0.2, 0) is 0 Å². The molecule has 1 aliphatic rings. The third-order valence-corrected chi connectivity index (χ3v) is 4.40. The molecule has 1 aliphatic heterocycles. The Morgan fingerprint density at radius 3 is 2.75 bits per heavy atom. The highest BCUT2D eigenvalue weighted by atomic mass is 79.9. The van der Waals surface area contributed by atoms with Crippen molar-refractivity contribution in [2.45, 2.75) is 17.7 Å². The van der Waals surface area contributed by atoms with Crippen LogP contribution in [0.4, 0.5) is 5.69 Å². The van der Waals surface area contributed by atoms with Crippen molar-refractivity contribution in [1.82, 2.24) is 4.90 Å². The van der Waals surface area contributed by atoms with Gasteiger partial charge in [-0.2, -0.15) is 0 Å². The molecule has 0 radical (unpaired) electrons. The van der Waals surface area contributed by atoms with Gasteiger partial charge in [0, 0.05) is 27.4 Å². The quantitative estimate of drug-likeness (QED) is 0.684. The van der Waals surface area contributed by atoms with E-state index in [1.54, 1.807) is 0 Å². The van der Waals surface area contributed by atoms with Gasteiger partial charge in [0.05, 0.1) is 0 Å². The molecule has 0 bridgehead atoms. The summed E-state index contributed by atoms with van der Waals surface area (Å²) >= 11 is 5.28. The van der Waals surface area contributed by atoms with Crippen molar-refractivity contribution < 1.29 is 0 Å². The van der Waals surface area contributed by atoms with Crippen LogP contribution in [0.1, 0.15) is 12.8 Å². The Morgan fingerprint density at radius 1 is 1.31 bits per heavy atom. The van der Waals surface area contributed by atoms with Gasteiger partial charge in [-0.25, -0.2) is 0 Å². The van der Waals surface area contributed by atoms with Crippen LogP contribution >= 0.6 is 27.7 Å². The molecule has 1 heterocycles. The molecule has 0 saturated carbocycles. The highest BCUT2D eigenvalue weighted by molar-refractivity contribution is 9.10. The molecule has 0 atom stereocenters. The van der Waals surface area contributed by atoms with Gasteiger partial charge in [-0.15, -0.1) is 11.8 Å². The topological polar surface area (TPSA) is 29.3 Å². The standard InChI is InChI=1S/C12H17BrN2S/c13-10-3-4-12(11(14)9-10)16-8-7-15-5-1-2-6-15/h3-4,9H,1-2,5-8,14H2. The molecule has 0 unspecified atom stereocenters. The maximum absolute atomic E-state index is 5.95. The van der Waals surface area contributed by atoms with Crippen molar-refractivity contribution in [1.29, 1.82) is 0 Å². The van der Waals surface area contributed by atoms with Crippen LogP contribution in [0.25, 0.3) is 0 Å². The number of halogens is 1. The third-order valence-electron chi connectivity index (χ3n) is 2.84. The Balaban J connectivity index is 1.80. The molecule has 0 amide bonds. The van der Waals surface area contributed by atoms with Crippen molar-refractivity contribution in [2.75, 3.05) is 31.1 Å². The van der Waals surface area contributed by atoms with Gasteiger partial charge in [-0.3, -0.25) is 0 Å². The number of anilines is 1. The fraction of sp³-hybridized carbons (Fsp3) is 0.500. The predicted molar refractivity (Wildman–Crippen MR) is 75.0 cm³/mol. The summed E-state index contributed by atoms with van der Waals surface area (Å²) in [5.74, 6) is 1.13. The first-order chi connectivity index (χ1) is 7.75. The molecule has 88 valence electrons. The molecule has 4 heteroatoms. The van der Waals surface area contributed by atoms with Gasteiger partial charge in [-0.1, -0.05) is 15.9 Å². The smallest absolute Gasteiger partial charge is 0.0463 e. The van der Waals surface area contributed by atoms with Crippen LogP contribution in [0.5, 0.6) is 0 Å². The van der Waals surface area contributed by atoms with E-state index in [1.807, 2.05) is 17.8 Å². The SMILES string of the molecule is Nc1cc(Br)ccc1SCCN1CCCC1. The number of hydrogen-bond acceptors (Lipinski definition) is 3. The maximum Gasteiger partial charge on any atom is 0.0463 e. The average Bonchev–Trinajstić information content (AvgIpc) is 2.74. The number of hydrogen-bond donors (Lipinski definition) is 1. The van der Waals surface area contributed by atoms with Crippen LogP contribution < -0.4 is 5.73 Å². The molecule has 1 aromatic carbocycles. The number of nitrogens with two attached hydrogens (primary N) is 1. The summed E-state index contributed by atoms with van der Waals surface area (Å²) in [5.41, 5.74) is 6.83. The maximum atomic E-state index is 5.95. The number of nitrogens with zero attached hydrogens (tertiary/aromatic N) is 1. The zero-order valence-corrected chi connectivity index (χ0v) is 11.7. The Kier molecular flexibility index (Phi) is 4.55. The lowest BCUT2D eigenvalue weighted by Gasteiger charge is -2.14. The molecule has 0 spiro atoms. The van der Waals surface area contributed by atoms with E-state index >= 15 is 0 Å². The van der Waals surface area contributed by atoms with Crippen molar-refractivity contribution >= 4 is 33.4 Å². The van der Waals surface area contributed by atoms with Crippen LogP contribution in [0.3, 0.4) is 0 Å². The largest absolute Gasteiger partial charge is 0.398 e. The minimum absolute atomic E-state index is 0.876. The van der Waals surface area contributed by atoms with E-state index in [0.717, 1.165) is 15.9 Å². The molecular formula is C12H17BrN2S. The molecule has 2 rings (SSSR count). The first-order valence-electron chi connectivity index (χ1n) is 5.66. The lowest BCUT2D eigenvalue weighted by molar-refractivity contribution is 0.362. The Hall–Kier alpha value is -0.190. The number of likely N-dealkylation sites (tertiary alicyclic amines) is 1. The van der Waals surface area contributed by atoms with E-state index in [4.69, 9.17) is 5.73 Å². The van der Waals surface area contributed by atoms with Gasteiger partial charge in [0.15, 0.2) is 0 Å². The molecule has 0 aliphatic carbocycles. The summed E-state index contributed by atoms with van der Waals surface area (Å²) in [7, 11) is 0. The predicted octanol–water partition coefficient (Wildman–Crippen LogP) is 3.22. The summed E-state index contributed by atoms with van der Waals surface area (Å²) in [5, 5.41) is 0. The van der Waals surface area contributed by atoms with Gasteiger partial charge in [0.2, 0.25) is 0 Å². The number of rotatable bonds is 4. The van der Waals surface area contributed by atoms with E-state index in [9.17, 15) is 0 Å². The van der Waals surface area contributed by atoms with E-state index in [2.05, 4.69) is 33.0 Å². The van der Waals surface area contributed by atoms with E-state index in [0.29, 0.717) is 0 Å². The van der Waals surface area contributed by atoms with E-state index in [-0.39, 0.29) is 0 Å². The first-order valence-corrected chi connectivity index (χ1v) is 7.44. The zero-order chi connectivity index (χ0) is 11.4. The van der Waals surface area contributed by atoms with Crippen LogP contribution in [0.15, 0.2) is 27.6 Å². The second-order valence-corrected chi connectivity index (χ2v) is 6.13. The molecular weight excluding hydrogens is 284 g/mol. The summed E-state index contributed by atoms with van der Waals surface area (Å²) in [6.07, 6.45) is 2.73. The molecule has 1 saturated heterocycles. The number of benzene rings is 1. The van der Waals surface area contributed by atoms with Crippen molar-refractivity contribution in [3.63, 3.8) is 0 Å². The van der Waals surface area contributed by atoms with Crippen molar-refractivity contribution in [3.8, 4) is 0 Å². The Morgan fingerprint density at radius 2 is 2.06 bits per heavy atom. The van der Waals surface area contributed by atoms with Crippen LogP contribution in [0, 0.1) is 0 Å². The molecule has 1 fully saturated rings. The first kappa shape index (κ1) is 12.3.